The fourth-order valence-electron chi connectivity index (χ4n) is 2.16. The molecule has 5 heteroatoms. The number of hydrogen-bond acceptors (Lipinski definition) is 3. The van der Waals surface area contributed by atoms with Gasteiger partial charge in [-0.2, -0.15) is 0 Å². The van der Waals surface area contributed by atoms with E-state index in [1.165, 1.54) is 18.2 Å². The summed E-state index contributed by atoms with van der Waals surface area (Å²) in [5, 5.41) is 12.1. The molecule has 0 bridgehead atoms. The van der Waals surface area contributed by atoms with Crippen LogP contribution in [0.25, 0.3) is 0 Å². The van der Waals surface area contributed by atoms with Gasteiger partial charge in [-0.3, -0.25) is 0 Å². The Labute approximate surface area is 105 Å². The Balaban J connectivity index is 2.30. The minimum atomic E-state index is -1.14. The minimum Gasteiger partial charge on any atom is -0.478 e. The molecule has 98 valence electrons. The average molecular weight is 253 g/mol. The monoisotopic (exact) mass is 253 g/mol. The van der Waals surface area contributed by atoms with Crippen molar-refractivity contribution in [1.29, 1.82) is 0 Å². The number of nitrogens with one attached hydrogen (secondary N) is 1. The molecule has 1 saturated heterocycles. The summed E-state index contributed by atoms with van der Waals surface area (Å²) in [6, 6.07) is 4.03. The van der Waals surface area contributed by atoms with Crippen LogP contribution in [-0.2, 0) is 4.74 Å². The predicted octanol–water partition coefficient (Wildman–Crippen LogP) is 2.50. The molecule has 18 heavy (non-hydrogen) atoms. The maximum atomic E-state index is 13.8. The van der Waals surface area contributed by atoms with E-state index in [1.54, 1.807) is 0 Å². The molecular weight excluding hydrogens is 237 g/mol. The van der Waals surface area contributed by atoms with Gasteiger partial charge in [0.05, 0.1) is 23.4 Å². The third-order valence-electron chi connectivity index (χ3n) is 3.11. The molecule has 2 N–H and O–H groups in total. The van der Waals surface area contributed by atoms with Crippen molar-refractivity contribution in [3.63, 3.8) is 0 Å². The molecule has 1 unspecified atom stereocenters. The maximum absolute atomic E-state index is 13.8. The molecule has 1 atom stereocenters. The number of aromatic carboxylic acids is 1. The molecule has 0 radical (unpaired) electrons. The summed E-state index contributed by atoms with van der Waals surface area (Å²) in [6.45, 7) is 3.05. The van der Waals surface area contributed by atoms with E-state index in [0.717, 1.165) is 12.8 Å². The van der Waals surface area contributed by atoms with Crippen molar-refractivity contribution in [2.45, 2.75) is 25.3 Å². The zero-order valence-corrected chi connectivity index (χ0v) is 10.2. The van der Waals surface area contributed by atoms with E-state index in [2.05, 4.69) is 5.32 Å². The van der Waals surface area contributed by atoms with Gasteiger partial charge < -0.3 is 15.2 Å². The van der Waals surface area contributed by atoms with Crippen LogP contribution in [0, 0.1) is 5.82 Å². The number of carboxylic acid groups (broad SMARTS) is 1. The van der Waals surface area contributed by atoms with E-state index >= 15 is 0 Å². The van der Waals surface area contributed by atoms with E-state index < -0.39 is 17.3 Å². The molecule has 0 aromatic heterocycles. The number of para-hydroxylation sites is 1. The highest BCUT2D eigenvalue weighted by Crippen LogP contribution is 2.28. The van der Waals surface area contributed by atoms with Gasteiger partial charge in [0.2, 0.25) is 0 Å². The quantitative estimate of drug-likeness (QED) is 0.869. The first-order valence-electron chi connectivity index (χ1n) is 5.90. The molecule has 0 saturated carbocycles. The van der Waals surface area contributed by atoms with Crippen LogP contribution in [-0.4, -0.2) is 29.8 Å². The molecule has 1 fully saturated rings. The van der Waals surface area contributed by atoms with Crippen LogP contribution in [0.3, 0.4) is 0 Å². The first-order valence-corrected chi connectivity index (χ1v) is 5.90. The third kappa shape index (κ3) is 2.61. The number of ether oxygens (including phenoxy) is 1. The van der Waals surface area contributed by atoms with Crippen LogP contribution in [0.1, 0.15) is 30.1 Å². The number of carboxylic acids is 1. The number of hydrogen-bond donors (Lipinski definition) is 2. The lowest BCUT2D eigenvalue weighted by Gasteiger charge is -2.35. The topological polar surface area (TPSA) is 58.6 Å². The van der Waals surface area contributed by atoms with Crippen LogP contribution < -0.4 is 5.32 Å². The molecule has 1 aliphatic rings. The lowest BCUT2D eigenvalue weighted by Crippen LogP contribution is -2.43. The zero-order valence-electron chi connectivity index (χ0n) is 10.2. The van der Waals surface area contributed by atoms with Crippen LogP contribution >= 0.6 is 0 Å². The SMILES string of the molecule is CC1(Nc2c(F)cccc2C(=O)O)CCCOC1. The molecule has 1 aromatic rings. The van der Waals surface area contributed by atoms with Crippen LogP contribution in [0.15, 0.2) is 18.2 Å². The fraction of sp³-hybridized carbons (Fsp3) is 0.462. The second-order valence-electron chi connectivity index (χ2n) is 4.81. The summed E-state index contributed by atoms with van der Waals surface area (Å²) in [5.74, 6) is -1.70. The molecule has 2 rings (SSSR count). The van der Waals surface area contributed by atoms with Crippen LogP contribution in [0.5, 0.6) is 0 Å². The number of halogens is 1. The summed E-state index contributed by atoms with van der Waals surface area (Å²) < 4.78 is 19.1. The Morgan fingerprint density at radius 3 is 2.94 bits per heavy atom. The number of benzene rings is 1. The molecule has 0 aliphatic carbocycles. The van der Waals surface area contributed by atoms with Gasteiger partial charge in [0.15, 0.2) is 0 Å². The zero-order chi connectivity index (χ0) is 13.2. The van der Waals surface area contributed by atoms with E-state index in [-0.39, 0.29) is 11.3 Å². The van der Waals surface area contributed by atoms with Gasteiger partial charge in [0, 0.05) is 6.61 Å². The first kappa shape index (κ1) is 12.8. The van der Waals surface area contributed by atoms with E-state index in [0.29, 0.717) is 13.2 Å². The molecular formula is C13H16FNO3. The van der Waals surface area contributed by atoms with Crippen molar-refractivity contribution >= 4 is 11.7 Å². The van der Waals surface area contributed by atoms with Crippen molar-refractivity contribution in [2.24, 2.45) is 0 Å². The van der Waals surface area contributed by atoms with Gasteiger partial charge in [0.25, 0.3) is 0 Å². The average Bonchev–Trinajstić information content (AvgIpc) is 2.32. The molecule has 1 aromatic carbocycles. The fourth-order valence-corrected chi connectivity index (χ4v) is 2.16. The van der Waals surface area contributed by atoms with Gasteiger partial charge in [-0.05, 0) is 31.9 Å². The number of carbonyl (C=O) groups is 1. The van der Waals surface area contributed by atoms with Crippen molar-refractivity contribution in [1.82, 2.24) is 0 Å². The normalized spacial score (nSPS) is 23.7. The highest BCUT2D eigenvalue weighted by molar-refractivity contribution is 5.94. The van der Waals surface area contributed by atoms with E-state index in [4.69, 9.17) is 9.84 Å². The smallest absolute Gasteiger partial charge is 0.337 e. The van der Waals surface area contributed by atoms with Gasteiger partial charge in [-0.15, -0.1) is 0 Å². The Morgan fingerprint density at radius 1 is 1.56 bits per heavy atom. The highest BCUT2D eigenvalue weighted by atomic mass is 19.1. The number of rotatable bonds is 3. The Hall–Kier alpha value is -1.62. The molecule has 1 heterocycles. The predicted molar refractivity (Wildman–Crippen MR) is 65.4 cm³/mol. The van der Waals surface area contributed by atoms with Crippen LogP contribution in [0.4, 0.5) is 10.1 Å². The largest absolute Gasteiger partial charge is 0.478 e. The maximum Gasteiger partial charge on any atom is 0.337 e. The molecule has 0 amide bonds. The lowest BCUT2D eigenvalue weighted by molar-refractivity contribution is 0.0537. The standard InChI is InChI=1S/C13H16FNO3/c1-13(6-3-7-18-8-13)15-11-9(12(16)17)4-2-5-10(11)14/h2,4-5,15H,3,6-8H2,1H3,(H,16,17). The summed E-state index contributed by atoms with van der Waals surface area (Å²) in [4.78, 5) is 11.1. The second-order valence-corrected chi connectivity index (χ2v) is 4.81. The van der Waals surface area contributed by atoms with E-state index in [1.807, 2.05) is 6.92 Å². The molecule has 1 aliphatic heterocycles. The van der Waals surface area contributed by atoms with Crippen molar-refractivity contribution in [2.75, 3.05) is 18.5 Å². The second kappa shape index (κ2) is 4.94. The first-order chi connectivity index (χ1) is 8.52. The summed E-state index contributed by atoms with van der Waals surface area (Å²) in [5.41, 5.74) is -0.440. The lowest BCUT2D eigenvalue weighted by atomic mass is 9.94. The van der Waals surface area contributed by atoms with Crippen molar-refractivity contribution < 1.29 is 19.0 Å². The molecule has 0 spiro atoms. The van der Waals surface area contributed by atoms with Gasteiger partial charge in [0.1, 0.15) is 5.82 Å². The highest BCUT2D eigenvalue weighted by Gasteiger charge is 2.29. The molecule has 4 nitrogen and oxygen atoms in total. The van der Waals surface area contributed by atoms with Crippen LogP contribution in [0.2, 0.25) is 0 Å². The van der Waals surface area contributed by atoms with Gasteiger partial charge >= 0.3 is 5.97 Å². The Kier molecular flexibility index (Phi) is 3.52. The summed E-state index contributed by atoms with van der Waals surface area (Å²) in [7, 11) is 0. The van der Waals surface area contributed by atoms with Crippen molar-refractivity contribution in [3.05, 3.63) is 29.6 Å². The Morgan fingerprint density at radius 2 is 2.33 bits per heavy atom. The third-order valence-corrected chi connectivity index (χ3v) is 3.11. The summed E-state index contributed by atoms with van der Waals surface area (Å²) in [6.07, 6.45) is 1.70. The van der Waals surface area contributed by atoms with Gasteiger partial charge in [-0.25, -0.2) is 9.18 Å². The van der Waals surface area contributed by atoms with Crippen molar-refractivity contribution in [3.8, 4) is 0 Å². The summed E-state index contributed by atoms with van der Waals surface area (Å²) >= 11 is 0. The number of anilines is 1. The van der Waals surface area contributed by atoms with Gasteiger partial charge in [-0.1, -0.05) is 6.07 Å². The Bertz CT molecular complexity index is 456. The van der Waals surface area contributed by atoms with E-state index in [9.17, 15) is 9.18 Å². The minimum absolute atomic E-state index is 0.0398.